The van der Waals surface area contributed by atoms with E-state index in [1.54, 1.807) is 36.0 Å². The molecule has 11 nitrogen and oxygen atoms in total. The molecule has 3 aromatic heterocycles. The standard InChI is InChI=1S/C25H31N9O2.C2H6/c1-15-18-13-29-25(32-23(18)34(17-5-3-4-6-17)24(36)22(15)16(2)35)31-21-14-28-20(30-21)8-7-19(26)33-11-9-27-10-12-33;1-2/h7-8,13-14,17,26-27H,3-6,9-12H2,1-2H3,(H,28,30)(H,29,31,32);1-2H3/b8-7-,26-19?;. The van der Waals surface area contributed by atoms with E-state index in [2.05, 4.69) is 25.6 Å². The lowest BCUT2D eigenvalue weighted by Gasteiger charge is -2.28. The van der Waals surface area contributed by atoms with E-state index in [9.17, 15) is 9.59 Å². The maximum absolute atomic E-state index is 13.4. The average molecular weight is 520 g/mol. The summed E-state index contributed by atoms with van der Waals surface area (Å²) < 4.78 is 1.70. The molecule has 1 aliphatic heterocycles. The normalized spacial score (nSPS) is 16.1. The van der Waals surface area contributed by atoms with Crippen molar-refractivity contribution in [1.29, 1.82) is 5.41 Å². The Morgan fingerprint density at radius 3 is 2.55 bits per heavy atom. The zero-order valence-corrected chi connectivity index (χ0v) is 22.6. The number of amidine groups is 1. The van der Waals surface area contributed by atoms with Gasteiger partial charge in [0.15, 0.2) is 5.78 Å². The van der Waals surface area contributed by atoms with E-state index >= 15 is 0 Å². The van der Waals surface area contributed by atoms with Gasteiger partial charge in [0.25, 0.3) is 5.56 Å². The number of Topliss-reactive ketones (excluding diaryl/α,β-unsaturated/α-hetero) is 1. The summed E-state index contributed by atoms with van der Waals surface area (Å²) in [6, 6.07) is 0.0244. The maximum Gasteiger partial charge on any atom is 0.263 e. The van der Waals surface area contributed by atoms with Gasteiger partial charge in [0, 0.05) is 43.8 Å². The third kappa shape index (κ3) is 5.67. The summed E-state index contributed by atoms with van der Waals surface area (Å²) in [5.41, 5.74) is 1.10. The molecule has 4 heterocycles. The van der Waals surface area contributed by atoms with Gasteiger partial charge in [-0.25, -0.2) is 9.97 Å². The lowest BCUT2D eigenvalue weighted by atomic mass is 10.0. The lowest BCUT2D eigenvalue weighted by Crippen LogP contribution is -2.45. The number of carbonyl (C=O) groups excluding carboxylic acids is 1. The molecule has 0 bridgehead atoms. The molecule has 2 aliphatic rings. The van der Waals surface area contributed by atoms with Crippen molar-refractivity contribution in [3.63, 3.8) is 0 Å². The van der Waals surface area contributed by atoms with Crippen LogP contribution in [0, 0.1) is 12.3 Å². The molecular formula is C27H37N9O2. The van der Waals surface area contributed by atoms with Crippen LogP contribution in [0.2, 0.25) is 0 Å². The molecule has 0 spiro atoms. The zero-order valence-electron chi connectivity index (χ0n) is 22.6. The first-order valence-corrected chi connectivity index (χ1v) is 13.4. The topological polar surface area (TPSA) is 145 Å². The highest BCUT2D eigenvalue weighted by molar-refractivity contribution is 5.99. The largest absolute Gasteiger partial charge is 0.355 e. The van der Waals surface area contributed by atoms with E-state index in [1.165, 1.54) is 6.92 Å². The molecule has 3 aromatic rings. The van der Waals surface area contributed by atoms with Gasteiger partial charge in [-0.3, -0.25) is 19.6 Å². The van der Waals surface area contributed by atoms with Crippen molar-refractivity contribution < 1.29 is 4.79 Å². The number of aromatic nitrogens is 5. The third-order valence-corrected chi connectivity index (χ3v) is 6.95. The van der Waals surface area contributed by atoms with Crippen molar-refractivity contribution >= 4 is 40.5 Å². The van der Waals surface area contributed by atoms with Crippen LogP contribution in [0.4, 0.5) is 11.8 Å². The SMILES string of the molecule is CC.CC(=O)c1c(C)c2cnc(Nc3cnc(/C=C\C(=N)N4CCNCC4)[nH]3)nc2n(C2CCCC2)c1=O. The molecule has 1 saturated heterocycles. The number of carbonyl (C=O) groups is 1. The monoisotopic (exact) mass is 519 g/mol. The van der Waals surface area contributed by atoms with Crippen molar-refractivity contribution in [2.45, 2.75) is 59.4 Å². The van der Waals surface area contributed by atoms with Gasteiger partial charge in [-0.15, -0.1) is 0 Å². The highest BCUT2D eigenvalue weighted by atomic mass is 16.1. The Kier molecular flexibility index (Phi) is 8.67. The summed E-state index contributed by atoms with van der Waals surface area (Å²) in [6.45, 7) is 10.6. The van der Waals surface area contributed by atoms with Crippen LogP contribution < -0.4 is 16.2 Å². The number of pyridine rings is 1. The van der Waals surface area contributed by atoms with Crippen LogP contribution in [0.15, 0.2) is 23.3 Å². The Hall–Kier alpha value is -3.86. The molecule has 11 heteroatoms. The second kappa shape index (κ2) is 12.1. The highest BCUT2D eigenvalue weighted by Gasteiger charge is 2.25. The van der Waals surface area contributed by atoms with Gasteiger partial charge in [-0.05, 0) is 44.4 Å². The Labute approximate surface area is 222 Å². The summed E-state index contributed by atoms with van der Waals surface area (Å²) in [5.74, 6) is 1.73. The average Bonchev–Trinajstić information content (AvgIpc) is 3.61. The van der Waals surface area contributed by atoms with E-state index in [0.717, 1.165) is 51.9 Å². The first-order chi connectivity index (χ1) is 18.4. The predicted molar refractivity (Wildman–Crippen MR) is 150 cm³/mol. The maximum atomic E-state index is 13.4. The number of fused-ring (bicyclic) bond motifs is 1. The number of nitrogens with zero attached hydrogens (tertiary/aromatic N) is 5. The molecule has 0 radical (unpaired) electrons. The number of piperazine rings is 1. The third-order valence-electron chi connectivity index (χ3n) is 6.95. The summed E-state index contributed by atoms with van der Waals surface area (Å²) >= 11 is 0. The summed E-state index contributed by atoms with van der Waals surface area (Å²) in [7, 11) is 0. The molecule has 0 unspecified atom stereocenters. The van der Waals surface area contributed by atoms with Gasteiger partial charge < -0.3 is 20.5 Å². The molecule has 202 valence electrons. The molecule has 5 rings (SSSR count). The predicted octanol–water partition coefficient (Wildman–Crippen LogP) is 3.81. The van der Waals surface area contributed by atoms with Gasteiger partial charge in [-0.2, -0.15) is 4.98 Å². The Bertz CT molecular complexity index is 1390. The minimum atomic E-state index is -0.273. The Morgan fingerprint density at radius 2 is 1.87 bits per heavy atom. The van der Waals surface area contributed by atoms with Crippen molar-refractivity contribution in [3.05, 3.63) is 45.8 Å². The Balaban J connectivity index is 0.00000164. The smallest absolute Gasteiger partial charge is 0.263 e. The van der Waals surface area contributed by atoms with E-state index in [1.807, 2.05) is 18.7 Å². The number of hydrogen-bond acceptors (Lipinski definition) is 8. The van der Waals surface area contributed by atoms with Crippen LogP contribution >= 0.6 is 0 Å². The number of anilines is 2. The zero-order chi connectivity index (χ0) is 27.2. The summed E-state index contributed by atoms with van der Waals surface area (Å²) in [4.78, 5) is 44.3. The molecule has 0 aromatic carbocycles. The van der Waals surface area contributed by atoms with Crippen molar-refractivity contribution in [2.75, 3.05) is 31.5 Å². The van der Waals surface area contributed by atoms with Crippen LogP contribution in [0.1, 0.15) is 74.2 Å². The molecule has 1 aliphatic carbocycles. The quantitative estimate of drug-likeness (QED) is 0.219. The van der Waals surface area contributed by atoms with E-state index in [-0.39, 0.29) is 22.9 Å². The van der Waals surface area contributed by atoms with E-state index < -0.39 is 0 Å². The number of rotatable bonds is 6. The second-order valence-corrected chi connectivity index (χ2v) is 9.36. The summed E-state index contributed by atoms with van der Waals surface area (Å²) in [5, 5.41) is 15.4. The minimum absolute atomic E-state index is 0.0244. The van der Waals surface area contributed by atoms with Crippen LogP contribution in [0.5, 0.6) is 0 Å². The fourth-order valence-corrected chi connectivity index (χ4v) is 5.08. The van der Waals surface area contributed by atoms with Gasteiger partial charge in [0.1, 0.15) is 23.1 Å². The number of hydrogen-bond donors (Lipinski definition) is 4. The molecule has 38 heavy (non-hydrogen) atoms. The Morgan fingerprint density at radius 1 is 1.16 bits per heavy atom. The molecule has 1 saturated carbocycles. The highest BCUT2D eigenvalue weighted by Crippen LogP contribution is 2.32. The number of H-pyrrole nitrogens is 1. The molecule has 4 N–H and O–H groups in total. The number of aromatic amines is 1. The lowest BCUT2D eigenvalue weighted by molar-refractivity contribution is 0.101. The first kappa shape index (κ1) is 27.2. The summed E-state index contributed by atoms with van der Waals surface area (Å²) in [6.07, 6.45) is 10.7. The van der Waals surface area contributed by atoms with Gasteiger partial charge in [0.05, 0.1) is 11.8 Å². The van der Waals surface area contributed by atoms with Gasteiger partial charge in [0.2, 0.25) is 5.95 Å². The van der Waals surface area contributed by atoms with Gasteiger partial charge in [-0.1, -0.05) is 26.7 Å². The fraction of sp³-hybridized carbons (Fsp3) is 0.481. The van der Waals surface area contributed by atoms with Crippen LogP contribution in [-0.2, 0) is 0 Å². The second-order valence-electron chi connectivity index (χ2n) is 9.36. The number of ketones is 1. The molecule has 0 amide bonds. The number of imidazole rings is 1. The van der Waals surface area contributed by atoms with Crippen LogP contribution in [-0.4, -0.2) is 67.2 Å². The first-order valence-electron chi connectivity index (χ1n) is 13.4. The molecule has 2 fully saturated rings. The van der Waals surface area contributed by atoms with Crippen LogP contribution in [0.25, 0.3) is 17.1 Å². The van der Waals surface area contributed by atoms with Crippen LogP contribution in [0.3, 0.4) is 0 Å². The number of aryl methyl sites for hydroxylation is 1. The van der Waals surface area contributed by atoms with Crippen molar-refractivity contribution in [2.24, 2.45) is 0 Å². The van der Waals surface area contributed by atoms with Gasteiger partial charge >= 0.3 is 0 Å². The van der Waals surface area contributed by atoms with E-state index in [0.29, 0.717) is 40.0 Å². The van der Waals surface area contributed by atoms with Crippen molar-refractivity contribution in [1.82, 2.24) is 34.7 Å². The van der Waals surface area contributed by atoms with Crippen molar-refractivity contribution in [3.8, 4) is 0 Å². The molecular weight excluding hydrogens is 482 g/mol. The fourth-order valence-electron chi connectivity index (χ4n) is 5.08. The number of nitrogens with one attached hydrogen (secondary N) is 4. The van der Waals surface area contributed by atoms with E-state index in [4.69, 9.17) is 10.4 Å². The minimum Gasteiger partial charge on any atom is -0.355 e. The molecule has 0 atom stereocenters.